The van der Waals surface area contributed by atoms with Crippen molar-refractivity contribution in [3.8, 4) is 0 Å². The van der Waals surface area contributed by atoms with Crippen LogP contribution < -0.4 is 38.1 Å². The second kappa shape index (κ2) is 14.4. The van der Waals surface area contributed by atoms with E-state index >= 15 is 0 Å². The molecule has 5 amide bonds. The Morgan fingerprint density at radius 2 is 1.56 bits per heavy atom. The molecule has 0 spiro atoms. The Balaban J connectivity index is 3.27. The van der Waals surface area contributed by atoms with Crippen LogP contribution in [-0.4, -0.2) is 95.5 Å². The van der Waals surface area contributed by atoms with Crippen LogP contribution in [0.15, 0.2) is 4.99 Å². The van der Waals surface area contributed by atoms with Gasteiger partial charge in [-0.05, 0) is 18.8 Å². The Morgan fingerprint density at radius 3 is 2.11 bits per heavy atom. The minimum atomic E-state index is -1.60. The van der Waals surface area contributed by atoms with Crippen molar-refractivity contribution in [1.29, 1.82) is 0 Å². The van der Waals surface area contributed by atoms with Gasteiger partial charge >= 0.3 is 5.97 Å². The summed E-state index contributed by atoms with van der Waals surface area (Å²) in [4.78, 5) is 78.3. The molecule has 0 aliphatic carbocycles. The van der Waals surface area contributed by atoms with Gasteiger partial charge in [-0.2, -0.15) is 0 Å². The summed E-state index contributed by atoms with van der Waals surface area (Å²) >= 11 is 0. The second-order valence-electron chi connectivity index (χ2n) is 8.42. The van der Waals surface area contributed by atoms with Crippen LogP contribution in [0.4, 0.5) is 0 Å². The number of nitrogens with two attached hydrogens (primary N) is 2. The highest BCUT2D eigenvalue weighted by Gasteiger charge is 2.33. The molecule has 36 heavy (non-hydrogen) atoms. The molecule has 11 N–H and O–H groups in total. The third-order valence-corrected chi connectivity index (χ3v) is 5.09. The molecule has 16 heteroatoms. The fourth-order valence-corrected chi connectivity index (χ4v) is 3.21. The molecular weight excluding hydrogens is 480 g/mol. The van der Waals surface area contributed by atoms with E-state index in [1.54, 1.807) is 13.8 Å². The fourth-order valence-electron chi connectivity index (χ4n) is 3.21. The Labute approximate surface area is 207 Å². The number of aliphatic imine (C=N–C) groups is 1. The number of carboxylic acid groups (broad SMARTS) is 1. The van der Waals surface area contributed by atoms with Gasteiger partial charge in [-0.15, -0.1) is 0 Å². The van der Waals surface area contributed by atoms with Gasteiger partial charge in [0, 0.05) is 6.54 Å². The van der Waals surface area contributed by atoms with Gasteiger partial charge in [0.1, 0.15) is 24.2 Å². The second-order valence-corrected chi connectivity index (χ2v) is 8.42. The first kappa shape index (κ1) is 30.1. The van der Waals surface area contributed by atoms with Crippen LogP contribution in [-0.2, 0) is 28.8 Å². The lowest BCUT2D eigenvalue weighted by atomic mass is 10.0. The summed E-state index contributed by atoms with van der Waals surface area (Å²) in [6.45, 7) is 1.92. The molecule has 16 nitrogen and oxygen atoms in total. The Bertz CT molecular complexity index is 874. The molecule has 1 rings (SSSR count). The minimum Gasteiger partial charge on any atom is -0.481 e. The van der Waals surface area contributed by atoms with Crippen molar-refractivity contribution in [2.45, 2.75) is 57.3 Å². The summed E-state index contributed by atoms with van der Waals surface area (Å²) in [6, 6.07) is -5.43. The highest BCUT2D eigenvalue weighted by molar-refractivity contribution is 5.98. The van der Waals surface area contributed by atoms with Crippen molar-refractivity contribution in [3.63, 3.8) is 0 Å². The number of hydrogen-bond donors (Lipinski definition) is 9. The number of carboxylic acids is 1. The molecule has 0 radical (unpaired) electrons. The first-order chi connectivity index (χ1) is 16.8. The van der Waals surface area contributed by atoms with E-state index in [1.807, 2.05) is 0 Å². The van der Waals surface area contributed by atoms with Crippen molar-refractivity contribution < 1.29 is 39.0 Å². The van der Waals surface area contributed by atoms with Crippen LogP contribution in [0.1, 0.15) is 33.1 Å². The molecule has 0 bridgehead atoms. The van der Waals surface area contributed by atoms with Gasteiger partial charge < -0.3 is 48.3 Å². The number of aliphatic carboxylic acids is 1. The zero-order chi connectivity index (χ0) is 27.4. The summed E-state index contributed by atoms with van der Waals surface area (Å²) in [5, 5.41) is 30.3. The average molecular weight is 515 g/mol. The molecule has 0 aromatic heterocycles. The first-order valence-corrected chi connectivity index (χ1v) is 11.2. The third kappa shape index (κ3) is 10.1. The van der Waals surface area contributed by atoms with Crippen molar-refractivity contribution in [3.05, 3.63) is 0 Å². The summed E-state index contributed by atoms with van der Waals surface area (Å²) in [6.07, 6.45) is -0.462. The maximum Gasteiger partial charge on any atom is 0.305 e. The lowest BCUT2D eigenvalue weighted by Gasteiger charge is -2.27. The number of carbonyl (C=O) groups is 6. The highest BCUT2D eigenvalue weighted by atomic mass is 16.4. The topological polar surface area (TPSA) is 267 Å². The van der Waals surface area contributed by atoms with E-state index in [-0.39, 0.29) is 25.3 Å². The molecule has 1 heterocycles. The van der Waals surface area contributed by atoms with Gasteiger partial charge in [0.15, 0.2) is 5.96 Å². The van der Waals surface area contributed by atoms with Crippen molar-refractivity contribution in [2.75, 3.05) is 19.7 Å². The van der Waals surface area contributed by atoms with E-state index in [4.69, 9.17) is 16.6 Å². The van der Waals surface area contributed by atoms with Crippen LogP contribution in [0, 0.1) is 5.92 Å². The van der Waals surface area contributed by atoms with Crippen LogP contribution in [0.2, 0.25) is 0 Å². The van der Waals surface area contributed by atoms with Gasteiger partial charge in [-0.25, -0.2) is 0 Å². The Morgan fingerprint density at radius 1 is 0.944 bits per heavy atom. The summed E-state index contributed by atoms with van der Waals surface area (Å²) in [7, 11) is 0. The molecule has 1 aliphatic heterocycles. The van der Waals surface area contributed by atoms with Crippen molar-refractivity contribution in [2.24, 2.45) is 22.4 Å². The van der Waals surface area contributed by atoms with Gasteiger partial charge in [-0.3, -0.25) is 33.8 Å². The van der Waals surface area contributed by atoms with Gasteiger partial charge in [-0.1, -0.05) is 13.8 Å². The fraction of sp³-hybridized carbons (Fsp3) is 0.650. The maximum atomic E-state index is 13.0. The van der Waals surface area contributed by atoms with Gasteiger partial charge in [0.2, 0.25) is 29.5 Å². The number of hydrogen-bond acceptors (Lipinski definition) is 8. The molecule has 0 aromatic rings. The lowest BCUT2D eigenvalue weighted by Crippen LogP contribution is -2.59. The molecule has 4 atom stereocenters. The number of aliphatic hydroxyl groups excluding tert-OH is 1. The predicted molar refractivity (Wildman–Crippen MR) is 125 cm³/mol. The standard InChI is InChI=1S/C20H34N8O8/c1-9(2)15-19(36)26-10(4-3-5-23-20(21)22)16(33)24-7-13(30)25-11(6-14(31)32)17(34)27-12(8-29)18(35)28-15/h9-12,15,29H,3-8H2,1-2H3,(H,24,33)(H,25,30)(H,26,36)(H,27,34)(H,28,35)(H,31,32)(H4,21,22,23)/t10-,11-,12+,15-/m0/s1. The molecule has 202 valence electrons. The molecule has 1 fully saturated rings. The molecule has 1 saturated heterocycles. The Kier molecular flexibility index (Phi) is 12.1. The van der Waals surface area contributed by atoms with Gasteiger partial charge in [0.05, 0.1) is 19.6 Å². The predicted octanol–water partition coefficient (Wildman–Crippen LogP) is -4.77. The number of nitrogens with zero attached hydrogens (tertiary/aromatic N) is 1. The molecule has 0 unspecified atom stereocenters. The van der Waals surface area contributed by atoms with Crippen LogP contribution >= 0.6 is 0 Å². The first-order valence-electron chi connectivity index (χ1n) is 11.2. The largest absolute Gasteiger partial charge is 0.481 e. The summed E-state index contributed by atoms with van der Waals surface area (Å²) in [5.74, 6) is -6.36. The van der Waals surface area contributed by atoms with E-state index < -0.39 is 85.2 Å². The van der Waals surface area contributed by atoms with E-state index in [0.29, 0.717) is 0 Å². The molecule has 0 aromatic carbocycles. The van der Waals surface area contributed by atoms with Gasteiger partial charge in [0.25, 0.3) is 0 Å². The van der Waals surface area contributed by atoms with Crippen molar-refractivity contribution >= 4 is 41.5 Å². The maximum absolute atomic E-state index is 13.0. The average Bonchev–Trinajstić information content (AvgIpc) is 2.79. The minimum absolute atomic E-state index is 0.0790. The van der Waals surface area contributed by atoms with Crippen LogP contribution in [0.25, 0.3) is 0 Å². The van der Waals surface area contributed by atoms with E-state index in [1.165, 1.54) is 0 Å². The van der Waals surface area contributed by atoms with Crippen LogP contribution in [0.3, 0.4) is 0 Å². The summed E-state index contributed by atoms with van der Waals surface area (Å²) < 4.78 is 0. The zero-order valence-electron chi connectivity index (χ0n) is 20.1. The number of nitrogens with one attached hydrogen (secondary N) is 5. The quantitative estimate of drug-likeness (QED) is 0.0847. The van der Waals surface area contributed by atoms with E-state index in [0.717, 1.165) is 0 Å². The van der Waals surface area contributed by atoms with E-state index in [2.05, 4.69) is 31.6 Å². The normalized spacial score (nSPS) is 24.3. The number of guanidine groups is 1. The van der Waals surface area contributed by atoms with E-state index in [9.17, 15) is 33.9 Å². The third-order valence-electron chi connectivity index (χ3n) is 5.09. The smallest absolute Gasteiger partial charge is 0.305 e. The molecule has 1 aliphatic rings. The van der Waals surface area contributed by atoms with Crippen LogP contribution in [0.5, 0.6) is 0 Å². The molecule has 0 saturated carbocycles. The van der Waals surface area contributed by atoms with Crippen molar-refractivity contribution in [1.82, 2.24) is 26.6 Å². The SMILES string of the molecule is CC(C)[C@@H]1NC(=O)[C@@H](CO)NC(=O)[C@H](CC(=O)O)NC(=O)CNC(=O)[C@H](CCCN=C(N)N)NC1=O. The lowest BCUT2D eigenvalue weighted by molar-refractivity contribution is -0.141. The zero-order valence-corrected chi connectivity index (χ0v) is 20.1. The number of aliphatic hydroxyl groups is 1. The number of carbonyl (C=O) groups excluding carboxylic acids is 5. The highest BCUT2D eigenvalue weighted by Crippen LogP contribution is 2.06. The number of rotatable bonds is 8. The Hall–Kier alpha value is -3.95. The number of amides is 5. The summed E-state index contributed by atoms with van der Waals surface area (Å²) in [5.41, 5.74) is 10.6. The molecular formula is C20H34N8O8. The monoisotopic (exact) mass is 514 g/mol.